The maximum atomic E-state index is 13.2. The van der Waals surface area contributed by atoms with Crippen molar-refractivity contribution in [3.05, 3.63) is 71.0 Å². The zero-order valence-electron chi connectivity index (χ0n) is 18.0. The van der Waals surface area contributed by atoms with Gasteiger partial charge < -0.3 is 20.1 Å². The molecule has 2 aromatic carbocycles. The number of amides is 1. The number of nitrogens with one attached hydrogen (secondary N) is 1. The Hall–Kier alpha value is -3.61. The van der Waals surface area contributed by atoms with Gasteiger partial charge in [-0.05, 0) is 55.7 Å². The summed E-state index contributed by atoms with van der Waals surface area (Å²) in [5.74, 6) is 0.198. The molecule has 0 spiro atoms. The number of anilines is 1. The minimum Gasteiger partial charge on any atom is -0.498 e. The highest BCUT2D eigenvalue weighted by molar-refractivity contribution is 6.29. The van der Waals surface area contributed by atoms with Gasteiger partial charge in [0.25, 0.3) is 5.91 Å². The second kappa shape index (κ2) is 9.47. The SMILES string of the molecule is COC1=C(c2ccc(CCC(=O)OC(C)C)cc2)C(=O)N(c2ccc(C(=N)N)cc2)C1. The van der Waals surface area contributed by atoms with Gasteiger partial charge in [-0.25, -0.2) is 0 Å². The van der Waals surface area contributed by atoms with Crippen molar-refractivity contribution in [3.63, 3.8) is 0 Å². The molecule has 1 amide bonds. The standard InChI is InChI=1S/C24H27N3O4/c1-15(2)31-21(28)13-6-16-4-7-17(8-5-16)22-20(30-3)14-27(24(22)29)19-11-9-18(10-12-19)23(25)26/h4-5,7-12,15H,6,13-14H2,1-3H3,(H3,25,26). The van der Waals surface area contributed by atoms with Crippen LogP contribution in [0.3, 0.4) is 0 Å². The van der Waals surface area contributed by atoms with Crippen LogP contribution in [0.2, 0.25) is 0 Å². The van der Waals surface area contributed by atoms with E-state index in [4.69, 9.17) is 20.6 Å². The lowest BCUT2D eigenvalue weighted by molar-refractivity contribution is -0.147. The maximum absolute atomic E-state index is 13.2. The van der Waals surface area contributed by atoms with E-state index in [1.54, 1.807) is 36.3 Å². The highest BCUT2D eigenvalue weighted by Gasteiger charge is 2.33. The van der Waals surface area contributed by atoms with Crippen molar-refractivity contribution in [2.45, 2.75) is 32.8 Å². The number of ether oxygens (including phenoxy) is 2. The third kappa shape index (κ3) is 5.12. The number of hydrogen-bond acceptors (Lipinski definition) is 5. The molecule has 7 heteroatoms. The molecule has 162 valence electrons. The third-order valence-electron chi connectivity index (χ3n) is 5.00. The quantitative estimate of drug-likeness (QED) is 0.387. The van der Waals surface area contributed by atoms with Gasteiger partial charge in [0.05, 0.1) is 25.3 Å². The van der Waals surface area contributed by atoms with Gasteiger partial charge in [-0.3, -0.25) is 15.0 Å². The van der Waals surface area contributed by atoms with E-state index < -0.39 is 0 Å². The molecule has 3 N–H and O–H groups in total. The number of carbonyl (C=O) groups is 2. The van der Waals surface area contributed by atoms with Crippen molar-refractivity contribution in [3.8, 4) is 0 Å². The number of carbonyl (C=O) groups excluding carboxylic acids is 2. The number of amidine groups is 1. The zero-order chi connectivity index (χ0) is 22.5. The Balaban J connectivity index is 1.74. The van der Waals surface area contributed by atoms with E-state index in [1.165, 1.54) is 0 Å². The van der Waals surface area contributed by atoms with Crippen molar-refractivity contribution in [1.29, 1.82) is 5.41 Å². The zero-order valence-corrected chi connectivity index (χ0v) is 18.0. The lowest BCUT2D eigenvalue weighted by atomic mass is 10.0. The van der Waals surface area contributed by atoms with Crippen LogP contribution in [0.1, 0.15) is 37.0 Å². The summed E-state index contributed by atoms with van der Waals surface area (Å²) < 4.78 is 10.7. The molecule has 7 nitrogen and oxygen atoms in total. The molecule has 0 saturated heterocycles. The van der Waals surface area contributed by atoms with Gasteiger partial charge in [0.15, 0.2) is 0 Å². The number of methoxy groups -OCH3 is 1. The summed E-state index contributed by atoms with van der Waals surface area (Å²) >= 11 is 0. The molecule has 0 fully saturated rings. The molecule has 1 aliphatic heterocycles. The van der Waals surface area contributed by atoms with Gasteiger partial charge in [0.1, 0.15) is 11.6 Å². The minimum atomic E-state index is -0.221. The Kier molecular flexibility index (Phi) is 6.74. The van der Waals surface area contributed by atoms with Crippen LogP contribution in [0.25, 0.3) is 5.57 Å². The van der Waals surface area contributed by atoms with Crippen LogP contribution in [0.15, 0.2) is 54.3 Å². The average Bonchev–Trinajstić information content (AvgIpc) is 3.08. The Labute approximate surface area is 182 Å². The maximum Gasteiger partial charge on any atom is 0.306 e. The molecule has 1 aliphatic rings. The van der Waals surface area contributed by atoms with Crippen molar-refractivity contribution in [2.24, 2.45) is 5.73 Å². The molecule has 0 radical (unpaired) electrons. The van der Waals surface area contributed by atoms with Gasteiger partial charge in [0, 0.05) is 17.7 Å². The average molecular weight is 421 g/mol. The van der Waals surface area contributed by atoms with E-state index in [1.807, 2.05) is 38.1 Å². The van der Waals surface area contributed by atoms with Gasteiger partial charge >= 0.3 is 5.97 Å². The molecule has 0 aliphatic carbocycles. The van der Waals surface area contributed by atoms with Gasteiger partial charge in [-0.1, -0.05) is 24.3 Å². The number of rotatable bonds is 8. The Bertz CT molecular complexity index is 1010. The number of nitrogen functional groups attached to an aromatic ring is 1. The van der Waals surface area contributed by atoms with Crippen LogP contribution in [-0.2, 0) is 25.5 Å². The number of nitrogens with zero attached hydrogens (tertiary/aromatic N) is 1. The van der Waals surface area contributed by atoms with Crippen LogP contribution >= 0.6 is 0 Å². The number of benzene rings is 2. The summed E-state index contributed by atoms with van der Waals surface area (Å²) in [6.07, 6.45) is 0.765. The van der Waals surface area contributed by atoms with Crippen LogP contribution in [0.5, 0.6) is 0 Å². The monoisotopic (exact) mass is 421 g/mol. The van der Waals surface area contributed by atoms with Crippen molar-refractivity contribution >= 4 is 29.0 Å². The van der Waals surface area contributed by atoms with Crippen LogP contribution < -0.4 is 10.6 Å². The first-order chi connectivity index (χ1) is 14.8. The molecular weight excluding hydrogens is 394 g/mol. The molecule has 1 heterocycles. The number of aryl methyl sites for hydroxylation is 1. The fourth-order valence-corrected chi connectivity index (χ4v) is 3.44. The number of esters is 1. The Morgan fingerprint density at radius 2 is 1.77 bits per heavy atom. The van der Waals surface area contributed by atoms with Gasteiger partial charge in [-0.2, -0.15) is 0 Å². The molecular formula is C24H27N3O4. The normalized spacial score (nSPS) is 13.7. The summed E-state index contributed by atoms with van der Waals surface area (Å²) in [5, 5.41) is 7.50. The molecule has 0 bridgehead atoms. The predicted octanol–water partition coefficient (Wildman–Crippen LogP) is 3.26. The van der Waals surface area contributed by atoms with Crippen LogP contribution in [0.4, 0.5) is 5.69 Å². The first-order valence-electron chi connectivity index (χ1n) is 10.1. The molecule has 0 atom stereocenters. The Morgan fingerprint density at radius 3 is 2.32 bits per heavy atom. The Morgan fingerprint density at radius 1 is 1.13 bits per heavy atom. The number of hydrogen-bond donors (Lipinski definition) is 2. The minimum absolute atomic E-state index is 0.0201. The highest BCUT2D eigenvalue weighted by Crippen LogP contribution is 2.32. The molecule has 31 heavy (non-hydrogen) atoms. The topological polar surface area (TPSA) is 106 Å². The van der Waals surface area contributed by atoms with E-state index in [0.717, 1.165) is 11.1 Å². The number of nitrogens with two attached hydrogens (primary N) is 1. The molecule has 0 unspecified atom stereocenters. The van der Waals surface area contributed by atoms with Gasteiger partial charge in [0.2, 0.25) is 0 Å². The summed E-state index contributed by atoms with van der Waals surface area (Å²) in [6, 6.07) is 14.5. The van der Waals surface area contributed by atoms with E-state index >= 15 is 0 Å². The first-order valence-corrected chi connectivity index (χ1v) is 10.1. The van der Waals surface area contributed by atoms with Crippen molar-refractivity contribution < 1.29 is 19.1 Å². The van der Waals surface area contributed by atoms with Crippen molar-refractivity contribution in [2.75, 3.05) is 18.6 Å². The van der Waals surface area contributed by atoms with E-state index in [0.29, 0.717) is 42.0 Å². The largest absolute Gasteiger partial charge is 0.498 e. The van der Waals surface area contributed by atoms with E-state index in [9.17, 15) is 9.59 Å². The second-order valence-electron chi connectivity index (χ2n) is 7.59. The smallest absolute Gasteiger partial charge is 0.306 e. The summed E-state index contributed by atoms with van der Waals surface area (Å²) in [6.45, 7) is 3.98. The summed E-state index contributed by atoms with van der Waals surface area (Å²) in [5.41, 5.74) is 9.09. The van der Waals surface area contributed by atoms with Crippen LogP contribution in [0, 0.1) is 5.41 Å². The molecule has 0 aromatic heterocycles. The first kappa shape index (κ1) is 22.1. The summed E-state index contributed by atoms with van der Waals surface area (Å²) in [7, 11) is 1.56. The molecule has 0 saturated carbocycles. The van der Waals surface area contributed by atoms with Gasteiger partial charge in [-0.15, -0.1) is 0 Å². The summed E-state index contributed by atoms with van der Waals surface area (Å²) in [4.78, 5) is 26.5. The second-order valence-corrected chi connectivity index (χ2v) is 7.59. The lowest BCUT2D eigenvalue weighted by Gasteiger charge is -2.17. The fourth-order valence-electron chi connectivity index (χ4n) is 3.44. The predicted molar refractivity (Wildman–Crippen MR) is 120 cm³/mol. The highest BCUT2D eigenvalue weighted by atomic mass is 16.5. The lowest BCUT2D eigenvalue weighted by Crippen LogP contribution is -2.26. The molecule has 3 rings (SSSR count). The van der Waals surface area contributed by atoms with E-state index in [2.05, 4.69) is 0 Å². The van der Waals surface area contributed by atoms with E-state index in [-0.39, 0.29) is 23.8 Å². The third-order valence-corrected chi connectivity index (χ3v) is 5.00. The molecule has 2 aromatic rings. The van der Waals surface area contributed by atoms with Crippen LogP contribution in [-0.4, -0.2) is 37.5 Å². The fraction of sp³-hybridized carbons (Fsp3) is 0.292. The van der Waals surface area contributed by atoms with Crippen molar-refractivity contribution in [1.82, 2.24) is 0 Å².